The smallest absolute Gasteiger partial charge is 1.00 e. The molecule has 0 unspecified atom stereocenters. The van der Waals surface area contributed by atoms with Gasteiger partial charge >= 0.3 is 29.0 Å². The van der Waals surface area contributed by atoms with E-state index in [1.165, 1.54) is 90.9 Å². The number of nitrogens with zero attached hydrogens (tertiary/aromatic N) is 3. The van der Waals surface area contributed by atoms with Crippen molar-refractivity contribution in [2.45, 2.75) is 116 Å². The molecule has 73 heavy (non-hydrogen) atoms. The molecule has 0 saturated heterocycles. The third-order valence-electron chi connectivity index (χ3n) is 13.8. The van der Waals surface area contributed by atoms with Crippen LogP contribution in [-0.4, -0.2) is 105 Å². The molecule has 3 aromatic carbocycles. The fourth-order valence-electron chi connectivity index (χ4n) is 10.8. The topological polar surface area (TPSA) is 208 Å². The first kappa shape index (κ1) is 65.2. The van der Waals surface area contributed by atoms with Crippen molar-refractivity contribution in [3.05, 3.63) is 105 Å². The predicted molar refractivity (Wildman–Crippen MR) is 276 cm³/mol. The molecule has 3 aliphatic carbocycles. The molecule has 3 heterocycles. The van der Waals surface area contributed by atoms with Crippen molar-refractivity contribution in [2.75, 3.05) is 12.8 Å². The number of ether oxygens (including phenoxy) is 1. The molecule has 0 aromatic heterocycles. The summed E-state index contributed by atoms with van der Waals surface area (Å²) in [5.74, 6) is -17.3. The molecule has 0 bridgehead atoms. The number of aliphatic hydroxyl groups is 2. The summed E-state index contributed by atoms with van der Waals surface area (Å²) in [6.07, 6.45) is 0. The fourth-order valence-corrected chi connectivity index (χ4v) is 15.9. The van der Waals surface area contributed by atoms with Crippen LogP contribution in [0, 0.1) is 42.6 Å². The predicted octanol–water partition coefficient (Wildman–Crippen LogP) is 6.85. The second-order valence-electron chi connectivity index (χ2n) is 19.1. The largest absolute Gasteiger partial charge is 2.00 e. The first-order valence-electron chi connectivity index (χ1n) is 20.6. The van der Waals surface area contributed by atoms with Gasteiger partial charge in [-0.25, -0.2) is 39.5 Å². The molecule has 6 aliphatic rings. The molecule has 0 radical (unpaired) electrons. The van der Waals surface area contributed by atoms with Crippen LogP contribution >= 0.6 is 67.1 Å². The van der Waals surface area contributed by atoms with Crippen LogP contribution in [0.5, 0.6) is 0 Å². The number of hydrogen-bond donors (Lipinski definition) is 6. The van der Waals surface area contributed by atoms with Gasteiger partial charge in [-0.2, -0.15) is 0 Å². The van der Waals surface area contributed by atoms with Crippen LogP contribution in [0.1, 0.15) is 72.6 Å². The van der Waals surface area contributed by atoms with Gasteiger partial charge in [-0.1, -0.05) is 74.6 Å². The number of amidine groups is 3. The van der Waals surface area contributed by atoms with E-state index in [9.17, 15) is 54.5 Å². The average Bonchev–Trinajstić information content (AvgIpc) is 4.09. The van der Waals surface area contributed by atoms with Gasteiger partial charge in [0.05, 0.1) is 52.7 Å². The van der Waals surface area contributed by atoms with Gasteiger partial charge in [0, 0.05) is 31.3 Å². The molecular weight excluding hydrogens is 1250 g/mol. The monoisotopic (exact) mass is 1300 g/mol. The van der Waals surface area contributed by atoms with Gasteiger partial charge in [0.1, 0.15) is 26.9 Å². The van der Waals surface area contributed by atoms with Gasteiger partial charge < -0.3 is 62.3 Å². The number of benzene rings is 3. The molecule has 9 atom stereocenters. The van der Waals surface area contributed by atoms with Crippen molar-refractivity contribution in [1.82, 2.24) is 0 Å². The van der Waals surface area contributed by atoms with E-state index < -0.39 is 101 Å². The normalized spacial score (nSPS) is 33.2. The minimum atomic E-state index is -3.42. The number of hydrogen-bond acceptors (Lipinski definition) is 14. The van der Waals surface area contributed by atoms with E-state index in [1.54, 1.807) is 0 Å². The number of nitrogens with two attached hydrogens (primary N) is 4. The molecule has 10 N–H and O–H groups in total. The molecule has 3 saturated carbocycles. The number of esters is 1. The first-order chi connectivity index (χ1) is 31.4. The van der Waals surface area contributed by atoms with E-state index in [4.69, 9.17) is 22.9 Å². The summed E-state index contributed by atoms with van der Waals surface area (Å²) < 4.78 is 131. The number of rotatable bonds is 6. The molecule has 0 amide bonds. The van der Waals surface area contributed by atoms with Crippen molar-refractivity contribution >= 4 is 117 Å². The number of anilines is 1. The average molecular weight is 1300 g/mol. The Morgan fingerprint density at radius 2 is 0.932 bits per heavy atom. The van der Waals surface area contributed by atoms with E-state index in [1.807, 2.05) is 0 Å². The van der Waals surface area contributed by atoms with E-state index in [0.29, 0.717) is 44.2 Å². The maximum absolute atomic E-state index is 14.8. The van der Waals surface area contributed by atoms with Crippen LogP contribution in [0.2, 0.25) is 0 Å². The first-order valence-corrected chi connectivity index (χ1v) is 24.7. The molecule has 0 spiro atoms. The van der Waals surface area contributed by atoms with Crippen molar-refractivity contribution in [3.8, 4) is 0 Å². The summed E-state index contributed by atoms with van der Waals surface area (Å²) in [5.41, 5.74) is 14.8. The second-order valence-corrected chi connectivity index (χ2v) is 24.7. The van der Waals surface area contributed by atoms with Gasteiger partial charge in [0.25, 0.3) is 17.8 Å². The molecule has 11 nitrogen and oxygen atoms in total. The van der Waals surface area contributed by atoms with Crippen molar-refractivity contribution < 1.29 is 76.2 Å². The third-order valence-corrected chi connectivity index (χ3v) is 19.4. The molecule has 400 valence electrons. The summed E-state index contributed by atoms with van der Waals surface area (Å²) in [7, 11) is 1.03. The number of thioether (sulfide) groups is 3. The van der Waals surface area contributed by atoms with Crippen LogP contribution < -0.4 is 39.9 Å². The number of fused-ring (bicyclic) bond motifs is 3. The summed E-state index contributed by atoms with van der Waals surface area (Å²) in [6, 6.07) is 11.9. The number of carbonyl (C=O) groups is 1. The Morgan fingerprint density at radius 1 is 0.616 bits per heavy atom. The van der Waals surface area contributed by atoms with Gasteiger partial charge in [0.2, 0.25) is 0 Å². The number of nitrogen functional groups attached to an aromatic ring is 1. The Bertz CT molecular complexity index is 2660. The standard InChI is InChI=1S/C15H16BrF3N2OS.C15H18F3N3OS.C14H12BrF3N2O2S.CH4.CH3.BrH.Mg/c1-12(2,22)14-10(15(14,18)19)13(3,21-11(20)23-14)8-6-7(16)4-5-9(8)17;1-12(2,22)14-10(15(14,17)18)13(3,21-11(20)23-14)8-6-7(19)4-5-9(8)16;1-12(7-5-6(15)3-4-8(7)16)9-13(10(21)22-2,14(9,17)18)23-11(19)20-12;;;;/h4-6,10,22H,1-3H3,(H2,20,21);4-6,10,22H,19H2,1-3H3,(H2,20,21);3-5,9H,1-2H3,(H2,19,20);1H4;1H3;1H;/q;;;;-1;;+2/p-1/t2*10-,13+,14-;9-,12+,13-;;;;/m000..../s1. The Morgan fingerprint density at radius 3 is 1.27 bits per heavy atom. The zero-order valence-electron chi connectivity index (χ0n) is 39.8. The van der Waals surface area contributed by atoms with Crippen molar-refractivity contribution in [2.24, 2.45) is 49.9 Å². The van der Waals surface area contributed by atoms with Crippen LogP contribution in [0.25, 0.3) is 0 Å². The molecule has 27 heteroatoms. The van der Waals surface area contributed by atoms with Gasteiger partial charge in [-0.3, -0.25) is 19.8 Å². The van der Waals surface area contributed by atoms with Crippen LogP contribution in [0.15, 0.2) is 78.5 Å². The minimum Gasteiger partial charge on any atom is -1.00 e. The quantitative estimate of drug-likeness (QED) is 0.0495. The van der Waals surface area contributed by atoms with Crippen LogP contribution in [0.3, 0.4) is 0 Å². The molecule has 3 aromatic rings. The number of carbonyl (C=O) groups excluding carboxylic acids is 1. The Labute approximate surface area is 473 Å². The van der Waals surface area contributed by atoms with Gasteiger partial charge in [0.15, 0.2) is 20.2 Å². The van der Waals surface area contributed by atoms with Crippen LogP contribution in [0.4, 0.5) is 45.2 Å². The number of alkyl halides is 6. The fraction of sp³-hybridized carbons (Fsp3) is 0.500. The Balaban J connectivity index is 0.000000281. The number of aliphatic imine (C=N–C) groups is 3. The summed E-state index contributed by atoms with van der Waals surface area (Å²) in [6.45, 7) is 9.47. The number of halogens is 12. The minimum absolute atomic E-state index is 0. The molecule has 3 fully saturated rings. The van der Waals surface area contributed by atoms with Gasteiger partial charge in [-0.15, -0.1) is 0 Å². The summed E-state index contributed by atoms with van der Waals surface area (Å²) in [5, 5.41) is 20.4. The maximum Gasteiger partial charge on any atom is 2.00 e. The van der Waals surface area contributed by atoms with E-state index >= 15 is 0 Å². The third kappa shape index (κ3) is 9.32. The number of methoxy groups -OCH3 is 1. The maximum atomic E-state index is 14.8. The molecule has 3 aliphatic heterocycles. The van der Waals surface area contributed by atoms with E-state index in [0.717, 1.165) is 19.2 Å². The van der Waals surface area contributed by atoms with Crippen molar-refractivity contribution in [1.29, 1.82) is 0 Å². The van der Waals surface area contributed by atoms with E-state index in [2.05, 4.69) is 51.6 Å². The molecule has 9 rings (SSSR count). The second kappa shape index (κ2) is 20.3. The van der Waals surface area contributed by atoms with Gasteiger partial charge in [-0.05, 0) is 103 Å². The zero-order valence-corrected chi connectivity index (χ0v) is 48.4. The summed E-state index contributed by atoms with van der Waals surface area (Å²) in [4.78, 5) is 24.4. The SMILES string of the molecule is C.CC(C)(O)[C@@]12SC(N)=N[C@](C)(c3cc(Br)ccc3F)[C@@H]1C2(F)F.CC(C)(O)[C@@]12SC(N)=N[C@](C)(c3cc(N)ccc3F)[C@@H]1C2(F)F.COC(=O)[C@@]12SC(N)=N[C@](C)(c3cc(Br)ccc3F)[C@@H]1C2(F)F.[Br-].[CH3-].[Mg+2]. The van der Waals surface area contributed by atoms with E-state index in [-0.39, 0.29) is 92.8 Å². The van der Waals surface area contributed by atoms with Crippen LogP contribution in [-0.2, 0) is 26.1 Å². The zero-order chi connectivity index (χ0) is 52.1. The summed E-state index contributed by atoms with van der Waals surface area (Å²) >= 11 is 8.23. The molecular formula is C46H53Br3F9MgN7O4S3. The van der Waals surface area contributed by atoms with Crippen molar-refractivity contribution in [3.63, 3.8) is 0 Å². The Kier molecular flexibility index (Phi) is 18.1. The Hall–Kier alpha value is -2.11.